The van der Waals surface area contributed by atoms with Gasteiger partial charge in [0, 0.05) is 16.0 Å². The Balaban J connectivity index is 2.20. The molecule has 1 N–H and O–H groups in total. The van der Waals surface area contributed by atoms with Crippen LogP contribution >= 0.6 is 15.9 Å². The summed E-state index contributed by atoms with van der Waals surface area (Å²) in [6.45, 7) is 4.03. The van der Waals surface area contributed by atoms with Gasteiger partial charge in [0.15, 0.2) is 11.5 Å². The van der Waals surface area contributed by atoms with Crippen LogP contribution in [0.3, 0.4) is 0 Å². The molecule has 140 valence electrons. The van der Waals surface area contributed by atoms with Crippen LogP contribution in [-0.4, -0.2) is 28.1 Å². The third-order valence-corrected chi connectivity index (χ3v) is 4.94. The fourth-order valence-corrected chi connectivity index (χ4v) is 3.07. The molecular formula is C20H20BrN3O3. The smallest absolute Gasteiger partial charge is 0.282 e. The van der Waals surface area contributed by atoms with Gasteiger partial charge in [0.25, 0.3) is 5.56 Å². The van der Waals surface area contributed by atoms with E-state index in [9.17, 15) is 9.90 Å². The number of para-hydroxylation sites is 1. The van der Waals surface area contributed by atoms with Crippen LogP contribution in [-0.2, 0) is 0 Å². The second-order valence-electron chi connectivity index (χ2n) is 6.20. The lowest BCUT2D eigenvalue weighted by Crippen LogP contribution is -2.23. The summed E-state index contributed by atoms with van der Waals surface area (Å²) >= 11 is 3.39. The van der Waals surface area contributed by atoms with Crippen molar-refractivity contribution >= 4 is 33.0 Å². The maximum absolute atomic E-state index is 13.1. The summed E-state index contributed by atoms with van der Waals surface area (Å²) < 4.78 is 7.22. The first-order valence-electron chi connectivity index (χ1n) is 8.58. The summed E-state index contributed by atoms with van der Waals surface area (Å²) in [7, 11) is 1.48. The van der Waals surface area contributed by atoms with Crippen LogP contribution in [0.1, 0.15) is 37.6 Å². The van der Waals surface area contributed by atoms with Gasteiger partial charge in [-0.3, -0.25) is 4.79 Å². The summed E-state index contributed by atoms with van der Waals surface area (Å²) in [5.74, 6) is 0.935. The highest BCUT2D eigenvalue weighted by atomic mass is 79.9. The van der Waals surface area contributed by atoms with Crippen LogP contribution in [0.25, 0.3) is 10.9 Å². The number of hydrogen-bond donors (Lipinski definition) is 1. The van der Waals surface area contributed by atoms with Crippen LogP contribution in [0, 0.1) is 0 Å². The summed E-state index contributed by atoms with van der Waals surface area (Å²) in [4.78, 5) is 17.7. The van der Waals surface area contributed by atoms with Gasteiger partial charge in [-0.1, -0.05) is 35.8 Å². The Morgan fingerprint density at radius 1 is 1.37 bits per heavy atom. The molecule has 1 heterocycles. The molecule has 0 aliphatic carbocycles. The van der Waals surface area contributed by atoms with Gasteiger partial charge >= 0.3 is 0 Å². The van der Waals surface area contributed by atoms with E-state index in [-0.39, 0.29) is 17.2 Å². The van der Waals surface area contributed by atoms with Gasteiger partial charge in [0.05, 0.1) is 24.2 Å². The lowest BCUT2D eigenvalue weighted by molar-refractivity contribution is 0.373. The number of halogens is 1. The molecule has 0 bridgehead atoms. The molecule has 7 heteroatoms. The number of methoxy groups -OCH3 is 1. The SMILES string of the molecule is CC[C@@H](C)c1nc2ccc(Br)cc2c(=O)n1N=Cc1cccc(OC)c1O. The van der Waals surface area contributed by atoms with Gasteiger partial charge in [-0.15, -0.1) is 0 Å². The fourth-order valence-electron chi connectivity index (χ4n) is 2.71. The standard InChI is InChI=1S/C20H20BrN3O3/c1-4-12(2)19-23-16-9-8-14(21)10-15(16)20(26)24(19)22-11-13-6-5-7-17(27-3)18(13)25/h5-12,25H,4H2,1-3H3/t12-/m1/s1. The Bertz CT molecular complexity index is 1080. The van der Waals surface area contributed by atoms with E-state index in [1.54, 1.807) is 24.3 Å². The minimum Gasteiger partial charge on any atom is -0.504 e. The Labute approximate surface area is 165 Å². The predicted octanol–water partition coefficient (Wildman–Crippen LogP) is 4.27. The minimum atomic E-state index is -0.254. The van der Waals surface area contributed by atoms with Crippen LogP contribution in [0.4, 0.5) is 0 Å². The van der Waals surface area contributed by atoms with E-state index >= 15 is 0 Å². The zero-order valence-electron chi connectivity index (χ0n) is 15.3. The minimum absolute atomic E-state index is 0.0293. The number of phenols is 1. The molecule has 2 aromatic carbocycles. The number of aromatic nitrogens is 2. The van der Waals surface area contributed by atoms with E-state index in [0.717, 1.165) is 10.9 Å². The molecule has 0 amide bonds. The molecule has 0 aliphatic rings. The number of ether oxygens (including phenoxy) is 1. The highest BCUT2D eigenvalue weighted by Crippen LogP contribution is 2.28. The predicted molar refractivity (Wildman–Crippen MR) is 110 cm³/mol. The molecule has 3 rings (SSSR count). The lowest BCUT2D eigenvalue weighted by Gasteiger charge is -2.14. The number of fused-ring (bicyclic) bond motifs is 1. The van der Waals surface area contributed by atoms with Crippen molar-refractivity contribution in [2.45, 2.75) is 26.2 Å². The van der Waals surface area contributed by atoms with E-state index in [4.69, 9.17) is 4.74 Å². The number of aromatic hydroxyl groups is 1. The Morgan fingerprint density at radius 3 is 2.85 bits per heavy atom. The van der Waals surface area contributed by atoms with E-state index in [1.165, 1.54) is 18.0 Å². The Hall–Kier alpha value is -2.67. The Morgan fingerprint density at radius 2 is 2.15 bits per heavy atom. The zero-order chi connectivity index (χ0) is 19.6. The van der Waals surface area contributed by atoms with Crippen LogP contribution in [0.15, 0.2) is 50.8 Å². The number of rotatable bonds is 5. The van der Waals surface area contributed by atoms with Gasteiger partial charge in [-0.05, 0) is 36.8 Å². The van der Waals surface area contributed by atoms with Crippen molar-refractivity contribution in [3.05, 3.63) is 62.6 Å². The van der Waals surface area contributed by atoms with Gasteiger partial charge < -0.3 is 9.84 Å². The summed E-state index contributed by atoms with van der Waals surface area (Å²) in [5, 5.41) is 15.1. The molecule has 0 radical (unpaired) electrons. The topological polar surface area (TPSA) is 76.7 Å². The number of nitrogens with zero attached hydrogens (tertiary/aromatic N) is 3. The number of hydrogen-bond acceptors (Lipinski definition) is 5. The van der Waals surface area contributed by atoms with Gasteiger partial charge in [-0.2, -0.15) is 9.78 Å². The lowest BCUT2D eigenvalue weighted by atomic mass is 10.1. The summed E-state index contributed by atoms with van der Waals surface area (Å²) in [6, 6.07) is 10.5. The molecule has 0 spiro atoms. The van der Waals surface area contributed by atoms with E-state index in [0.29, 0.717) is 28.0 Å². The van der Waals surface area contributed by atoms with Crippen molar-refractivity contribution in [3.63, 3.8) is 0 Å². The molecule has 1 aromatic heterocycles. The molecule has 27 heavy (non-hydrogen) atoms. The quantitative estimate of drug-likeness (QED) is 0.614. The second-order valence-corrected chi connectivity index (χ2v) is 7.12. The Kier molecular flexibility index (Phi) is 5.60. The number of phenolic OH excluding ortho intramolecular Hbond substituents is 1. The van der Waals surface area contributed by atoms with Crippen molar-refractivity contribution in [1.82, 2.24) is 9.66 Å². The van der Waals surface area contributed by atoms with Crippen LogP contribution in [0.5, 0.6) is 11.5 Å². The third-order valence-electron chi connectivity index (χ3n) is 4.45. The van der Waals surface area contributed by atoms with Crippen molar-refractivity contribution in [2.75, 3.05) is 7.11 Å². The molecule has 0 unspecified atom stereocenters. The van der Waals surface area contributed by atoms with Crippen molar-refractivity contribution < 1.29 is 9.84 Å². The highest BCUT2D eigenvalue weighted by Gasteiger charge is 2.16. The third kappa shape index (κ3) is 3.73. The molecule has 6 nitrogen and oxygen atoms in total. The summed E-state index contributed by atoms with van der Waals surface area (Å²) in [6.07, 6.45) is 2.25. The van der Waals surface area contributed by atoms with Crippen molar-refractivity contribution in [1.29, 1.82) is 0 Å². The van der Waals surface area contributed by atoms with Crippen LogP contribution in [0.2, 0.25) is 0 Å². The zero-order valence-corrected chi connectivity index (χ0v) is 16.9. The first kappa shape index (κ1) is 19.1. The maximum atomic E-state index is 13.1. The molecule has 3 aromatic rings. The molecule has 0 saturated heterocycles. The second kappa shape index (κ2) is 7.92. The van der Waals surface area contributed by atoms with Gasteiger partial charge in [-0.25, -0.2) is 4.98 Å². The average molecular weight is 430 g/mol. The molecule has 0 fully saturated rings. The normalized spacial score (nSPS) is 12.6. The summed E-state index contributed by atoms with van der Waals surface area (Å²) in [5.41, 5.74) is 0.829. The van der Waals surface area contributed by atoms with E-state index in [2.05, 4.69) is 26.0 Å². The van der Waals surface area contributed by atoms with Crippen molar-refractivity contribution in [3.8, 4) is 11.5 Å². The average Bonchev–Trinajstić information content (AvgIpc) is 2.68. The van der Waals surface area contributed by atoms with E-state index in [1.807, 2.05) is 26.0 Å². The van der Waals surface area contributed by atoms with Crippen molar-refractivity contribution in [2.24, 2.45) is 5.10 Å². The maximum Gasteiger partial charge on any atom is 0.282 e. The molecule has 0 aliphatic heterocycles. The first-order chi connectivity index (χ1) is 13.0. The van der Waals surface area contributed by atoms with Crippen LogP contribution < -0.4 is 10.3 Å². The van der Waals surface area contributed by atoms with Gasteiger partial charge in [0.2, 0.25) is 0 Å². The first-order valence-corrected chi connectivity index (χ1v) is 9.38. The molecule has 0 saturated carbocycles. The molecule has 1 atom stereocenters. The molecular weight excluding hydrogens is 410 g/mol. The van der Waals surface area contributed by atoms with E-state index < -0.39 is 0 Å². The van der Waals surface area contributed by atoms with Gasteiger partial charge in [0.1, 0.15) is 5.82 Å². The highest BCUT2D eigenvalue weighted by molar-refractivity contribution is 9.10. The number of benzene rings is 2. The monoisotopic (exact) mass is 429 g/mol. The fraction of sp³-hybridized carbons (Fsp3) is 0.250. The largest absolute Gasteiger partial charge is 0.504 e.